The highest BCUT2D eigenvalue weighted by molar-refractivity contribution is 5.99. The molecule has 2 heteroatoms. The normalized spacial score (nSPS) is 10.8. The maximum absolute atomic E-state index is 12.1. The molecule has 0 aliphatic rings. The molecule has 0 radical (unpaired) electrons. The van der Waals surface area contributed by atoms with Crippen molar-refractivity contribution in [2.24, 2.45) is 0 Å². The summed E-state index contributed by atoms with van der Waals surface area (Å²) >= 11 is 0. The van der Waals surface area contributed by atoms with Crippen LogP contribution >= 0.6 is 0 Å². The third kappa shape index (κ3) is 4.16. The van der Waals surface area contributed by atoms with Gasteiger partial charge < -0.3 is 0 Å². The third-order valence-corrected chi connectivity index (χ3v) is 3.69. The minimum absolute atomic E-state index is 0.244. The van der Waals surface area contributed by atoms with Gasteiger partial charge in [0.15, 0.2) is 5.78 Å². The van der Waals surface area contributed by atoms with E-state index in [0.29, 0.717) is 6.42 Å². The van der Waals surface area contributed by atoms with Crippen LogP contribution in [0.5, 0.6) is 0 Å². The number of hydrogen-bond acceptors (Lipinski definition) is 2. The van der Waals surface area contributed by atoms with E-state index in [1.165, 1.54) is 25.7 Å². The first-order valence-electron chi connectivity index (χ1n) is 7.69. The fourth-order valence-corrected chi connectivity index (χ4v) is 2.45. The molecule has 2 aromatic rings. The highest BCUT2D eigenvalue weighted by atomic mass is 16.1. The van der Waals surface area contributed by atoms with Gasteiger partial charge >= 0.3 is 0 Å². The molecule has 0 amide bonds. The summed E-state index contributed by atoms with van der Waals surface area (Å²) in [4.78, 5) is 16.5. The lowest BCUT2D eigenvalue weighted by atomic mass is 10.0. The molecule has 2 nitrogen and oxygen atoms in total. The zero-order valence-electron chi connectivity index (χ0n) is 12.3. The van der Waals surface area contributed by atoms with Crippen LogP contribution in [0.3, 0.4) is 0 Å². The molecule has 20 heavy (non-hydrogen) atoms. The van der Waals surface area contributed by atoms with Crippen LogP contribution < -0.4 is 0 Å². The number of fused-ring (bicyclic) bond motifs is 1. The number of benzene rings is 1. The Morgan fingerprint density at radius 2 is 1.85 bits per heavy atom. The quantitative estimate of drug-likeness (QED) is 0.489. The lowest BCUT2D eigenvalue weighted by Gasteiger charge is -2.03. The lowest BCUT2D eigenvalue weighted by molar-refractivity contribution is 0.0979. The predicted molar refractivity (Wildman–Crippen MR) is 84.1 cm³/mol. The van der Waals surface area contributed by atoms with E-state index in [9.17, 15) is 4.79 Å². The fraction of sp³-hybridized carbons (Fsp3) is 0.444. The van der Waals surface area contributed by atoms with Crippen LogP contribution in [-0.4, -0.2) is 10.8 Å². The second-order valence-electron chi connectivity index (χ2n) is 5.35. The van der Waals surface area contributed by atoms with Gasteiger partial charge in [0.2, 0.25) is 0 Å². The molecule has 0 fully saturated rings. The molecule has 106 valence electrons. The highest BCUT2D eigenvalue weighted by Crippen LogP contribution is 2.16. The molecule has 0 unspecified atom stereocenters. The van der Waals surface area contributed by atoms with Crippen molar-refractivity contribution in [2.45, 2.75) is 51.9 Å². The summed E-state index contributed by atoms with van der Waals surface area (Å²) in [5.41, 5.74) is 1.70. The molecule has 0 atom stereocenters. The number of ketones is 1. The largest absolute Gasteiger partial charge is 0.294 e. The first-order valence-corrected chi connectivity index (χ1v) is 7.69. The van der Waals surface area contributed by atoms with Crippen LogP contribution in [0.1, 0.15) is 62.2 Å². The number of nitrogens with zero attached hydrogens (tertiary/aromatic N) is 1. The van der Waals surface area contributed by atoms with Crippen LogP contribution in [0.4, 0.5) is 0 Å². The number of Topliss-reactive ketones (excluding diaryl/α,β-unsaturated/α-hetero) is 1. The molecule has 0 N–H and O–H groups in total. The third-order valence-electron chi connectivity index (χ3n) is 3.69. The Kier molecular flexibility index (Phi) is 5.72. The Bertz CT molecular complexity index is 562. The van der Waals surface area contributed by atoms with E-state index in [4.69, 9.17) is 0 Å². The number of hydrogen-bond donors (Lipinski definition) is 0. The number of rotatable bonds is 8. The van der Waals surface area contributed by atoms with Gasteiger partial charge in [0.25, 0.3) is 0 Å². The molecule has 0 bridgehead atoms. The minimum Gasteiger partial charge on any atom is -0.294 e. The van der Waals surface area contributed by atoms with E-state index in [2.05, 4.69) is 11.9 Å². The topological polar surface area (TPSA) is 30.0 Å². The maximum Gasteiger partial charge on any atom is 0.162 e. The number of pyridine rings is 1. The minimum atomic E-state index is 0.244. The Morgan fingerprint density at radius 3 is 2.70 bits per heavy atom. The molecule has 1 aromatic carbocycles. The summed E-state index contributed by atoms with van der Waals surface area (Å²) in [6, 6.07) is 9.75. The van der Waals surface area contributed by atoms with Crippen LogP contribution in [0, 0.1) is 0 Å². The predicted octanol–water partition coefficient (Wildman–Crippen LogP) is 5.17. The van der Waals surface area contributed by atoms with E-state index in [1.807, 2.05) is 30.3 Å². The van der Waals surface area contributed by atoms with Crippen molar-refractivity contribution in [3.8, 4) is 0 Å². The van der Waals surface area contributed by atoms with E-state index in [1.54, 1.807) is 6.20 Å². The highest BCUT2D eigenvalue weighted by Gasteiger charge is 2.06. The van der Waals surface area contributed by atoms with Gasteiger partial charge in [-0.2, -0.15) is 0 Å². The molecule has 0 saturated carbocycles. The molecule has 0 aliphatic carbocycles. The van der Waals surface area contributed by atoms with E-state index < -0.39 is 0 Å². The molecule has 1 heterocycles. The van der Waals surface area contributed by atoms with Crippen LogP contribution in [0.15, 0.2) is 36.5 Å². The Labute approximate surface area is 121 Å². The molecular weight excluding hydrogens is 246 g/mol. The molecule has 0 saturated heterocycles. The summed E-state index contributed by atoms with van der Waals surface area (Å²) in [5, 5.41) is 1.09. The second kappa shape index (κ2) is 7.78. The smallest absolute Gasteiger partial charge is 0.162 e. The van der Waals surface area contributed by atoms with Gasteiger partial charge in [-0.3, -0.25) is 9.78 Å². The van der Waals surface area contributed by atoms with Gasteiger partial charge in [-0.1, -0.05) is 57.2 Å². The first kappa shape index (κ1) is 14.7. The van der Waals surface area contributed by atoms with Gasteiger partial charge in [0.05, 0.1) is 5.52 Å². The monoisotopic (exact) mass is 269 g/mol. The van der Waals surface area contributed by atoms with Crippen LogP contribution in [0.25, 0.3) is 10.9 Å². The van der Waals surface area contributed by atoms with E-state index in [-0.39, 0.29) is 5.78 Å². The fourth-order valence-electron chi connectivity index (χ4n) is 2.45. The van der Waals surface area contributed by atoms with Crippen molar-refractivity contribution in [3.05, 3.63) is 42.1 Å². The first-order chi connectivity index (χ1) is 9.81. The van der Waals surface area contributed by atoms with Gasteiger partial charge in [0, 0.05) is 23.6 Å². The number of unbranched alkanes of at least 4 members (excludes halogenated alkanes) is 5. The second-order valence-corrected chi connectivity index (χ2v) is 5.35. The van der Waals surface area contributed by atoms with Crippen molar-refractivity contribution in [3.63, 3.8) is 0 Å². The van der Waals surface area contributed by atoms with Crippen molar-refractivity contribution in [1.82, 2.24) is 4.98 Å². The summed E-state index contributed by atoms with van der Waals surface area (Å²) in [7, 11) is 0. The average molecular weight is 269 g/mol. The zero-order valence-corrected chi connectivity index (χ0v) is 12.3. The summed E-state index contributed by atoms with van der Waals surface area (Å²) < 4.78 is 0. The Hall–Kier alpha value is -1.70. The number of carbonyl (C=O) groups excluding carboxylic acids is 1. The van der Waals surface area contributed by atoms with Gasteiger partial charge in [-0.15, -0.1) is 0 Å². The Morgan fingerprint density at radius 1 is 1.05 bits per heavy atom. The average Bonchev–Trinajstić information content (AvgIpc) is 2.50. The van der Waals surface area contributed by atoms with Gasteiger partial charge in [-0.25, -0.2) is 0 Å². The van der Waals surface area contributed by atoms with Crippen LogP contribution in [0.2, 0.25) is 0 Å². The zero-order chi connectivity index (χ0) is 14.2. The Balaban J connectivity index is 1.84. The van der Waals surface area contributed by atoms with Gasteiger partial charge in [0.1, 0.15) is 0 Å². The molecule has 0 spiro atoms. The number of carbonyl (C=O) groups is 1. The van der Waals surface area contributed by atoms with Crippen molar-refractivity contribution in [2.75, 3.05) is 0 Å². The summed E-state index contributed by atoms with van der Waals surface area (Å²) in [5.74, 6) is 0.244. The molecule has 1 aromatic heterocycles. The maximum atomic E-state index is 12.1. The molecular formula is C18H23NO. The van der Waals surface area contributed by atoms with Crippen molar-refractivity contribution >= 4 is 16.7 Å². The molecule has 2 rings (SSSR count). The SMILES string of the molecule is CCCCCCCCC(=O)c1ccc2cccnc2c1. The van der Waals surface area contributed by atoms with E-state index >= 15 is 0 Å². The lowest BCUT2D eigenvalue weighted by Crippen LogP contribution is -1.99. The van der Waals surface area contributed by atoms with Crippen molar-refractivity contribution in [1.29, 1.82) is 0 Å². The summed E-state index contributed by atoms with van der Waals surface area (Å²) in [6.45, 7) is 2.22. The number of aromatic nitrogens is 1. The molecule has 0 aliphatic heterocycles. The summed E-state index contributed by atoms with van der Waals surface area (Å²) in [6.07, 6.45) is 9.72. The van der Waals surface area contributed by atoms with Crippen molar-refractivity contribution < 1.29 is 4.79 Å². The van der Waals surface area contributed by atoms with E-state index in [0.717, 1.165) is 29.3 Å². The van der Waals surface area contributed by atoms with Crippen LogP contribution in [-0.2, 0) is 0 Å². The van der Waals surface area contributed by atoms with Gasteiger partial charge in [-0.05, 0) is 18.6 Å². The standard InChI is InChI=1S/C18H23NO/c1-2-3-4-5-6-7-10-18(20)16-12-11-15-9-8-13-19-17(15)14-16/h8-9,11-14H,2-7,10H2,1H3.